The van der Waals surface area contributed by atoms with Crippen LogP contribution in [0.2, 0.25) is 0 Å². The highest BCUT2D eigenvalue weighted by molar-refractivity contribution is 4.87. The van der Waals surface area contributed by atoms with Crippen LogP contribution in [0, 0.1) is 5.92 Å². The molecule has 2 heterocycles. The summed E-state index contributed by atoms with van der Waals surface area (Å²) in [6, 6.07) is 0.844. The number of nitrogens with one attached hydrogen (secondary N) is 1. The second-order valence-corrected chi connectivity index (χ2v) is 5.04. The highest BCUT2D eigenvalue weighted by Gasteiger charge is 2.27. The van der Waals surface area contributed by atoms with E-state index in [1.807, 2.05) is 0 Å². The molecule has 0 radical (unpaired) electrons. The fourth-order valence-corrected chi connectivity index (χ4v) is 2.36. The number of hydrogen-bond donors (Lipinski definition) is 1. The summed E-state index contributed by atoms with van der Waals surface area (Å²) in [5.74, 6) is 0.812. The van der Waals surface area contributed by atoms with E-state index in [2.05, 4.69) is 29.0 Å². The Bertz CT molecular complexity index is 169. The van der Waals surface area contributed by atoms with Crippen LogP contribution >= 0.6 is 0 Å². The average Bonchev–Trinajstić information content (AvgIpc) is 2.04. The first-order chi connectivity index (χ1) is 6.75. The molecule has 0 unspecified atom stereocenters. The van der Waals surface area contributed by atoms with Crippen LogP contribution in [0.15, 0.2) is 0 Å². The molecule has 0 atom stereocenters. The minimum Gasteiger partial charge on any atom is -0.314 e. The molecule has 0 aromatic carbocycles. The van der Waals surface area contributed by atoms with Crippen LogP contribution in [0.1, 0.15) is 13.8 Å². The fourth-order valence-electron chi connectivity index (χ4n) is 2.36. The molecular weight excluding hydrogens is 174 g/mol. The summed E-state index contributed by atoms with van der Waals surface area (Å²) in [5, 5.41) is 3.35. The molecule has 82 valence electrons. The number of rotatable bonds is 3. The summed E-state index contributed by atoms with van der Waals surface area (Å²) in [6.07, 6.45) is 0. The van der Waals surface area contributed by atoms with E-state index >= 15 is 0 Å². The van der Waals surface area contributed by atoms with Gasteiger partial charge in [0.15, 0.2) is 0 Å². The Kier molecular flexibility index (Phi) is 3.42. The van der Waals surface area contributed by atoms with Gasteiger partial charge in [-0.15, -0.1) is 0 Å². The van der Waals surface area contributed by atoms with Gasteiger partial charge in [0, 0.05) is 51.9 Å². The minimum atomic E-state index is 0.812. The van der Waals surface area contributed by atoms with Crippen molar-refractivity contribution in [3.8, 4) is 0 Å². The zero-order valence-corrected chi connectivity index (χ0v) is 9.50. The number of hydrogen-bond acceptors (Lipinski definition) is 3. The van der Waals surface area contributed by atoms with Crippen molar-refractivity contribution in [2.75, 3.05) is 45.8 Å². The molecule has 2 fully saturated rings. The van der Waals surface area contributed by atoms with E-state index in [0.29, 0.717) is 0 Å². The van der Waals surface area contributed by atoms with Gasteiger partial charge in [0.2, 0.25) is 0 Å². The third kappa shape index (κ3) is 2.47. The Morgan fingerprint density at radius 1 is 1.14 bits per heavy atom. The lowest BCUT2D eigenvalue weighted by atomic mass is 10.1. The Balaban J connectivity index is 1.69. The van der Waals surface area contributed by atoms with Crippen molar-refractivity contribution in [3.05, 3.63) is 0 Å². The zero-order valence-electron chi connectivity index (χ0n) is 9.50. The third-order valence-electron chi connectivity index (χ3n) is 3.31. The number of nitrogens with zero attached hydrogens (tertiary/aromatic N) is 2. The Labute approximate surface area is 87.4 Å². The fraction of sp³-hybridized carbons (Fsp3) is 1.00. The lowest BCUT2D eigenvalue weighted by molar-refractivity contribution is 0.0677. The van der Waals surface area contributed by atoms with E-state index in [1.165, 1.54) is 45.8 Å². The van der Waals surface area contributed by atoms with Crippen LogP contribution in [0.4, 0.5) is 0 Å². The van der Waals surface area contributed by atoms with Crippen LogP contribution in [-0.4, -0.2) is 61.7 Å². The van der Waals surface area contributed by atoms with Gasteiger partial charge in [-0.1, -0.05) is 13.8 Å². The first kappa shape index (κ1) is 10.4. The molecule has 3 nitrogen and oxygen atoms in total. The monoisotopic (exact) mass is 197 g/mol. The van der Waals surface area contributed by atoms with Gasteiger partial charge in [0.05, 0.1) is 0 Å². The number of piperazine rings is 1. The molecular formula is C11H23N3. The van der Waals surface area contributed by atoms with Gasteiger partial charge >= 0.3 is 0 Å². The molecule has 2 saturated heterocycles. The van der Waals surface area contributed by atoms with Gasteiger partial charge in [-0.2, -0.15) is 0 Å². The predicted octanol–water partition coefficient (Wildman–Crippen LogP) is 0.232. The summed E-state index contributed by atoms with van der Waals surface area (Å²) >= 11 is 0. The van der Waals surface area contributed by atoms with Gasteiger partial charge < -0.3 is 10.2 Å². The molecule has 3 heteroatoms. The van der Waals surface area contributed by atoms with Crippen molar-refractivity contribution < 1.29 is 0 Å². The topological polar surface area (TPSA) is 18.5 Å². The molecule has 2 aliphatic rings. The van der Waals surface area contributed by atoms with Crippen molar-refractivity contribution in [2.45, 2.75) is 19.9 Å². The van der Waals surface area contributed by atoms with E-state index in [9.17, 15) is 0 Å². The third-order valence-corrected chi connectivity index (χ3v) is 3.31. The molecule has 1 N–H and O–H groups in total. The SMILES string of the molecule is CC(C)CN1CCN(C2CNC2)CC1. The summed E-state index contributed by atoms with van der Waals surface area (Å²) in [4.78, 5) is 5.25. The zero-order chi connectivity index (χ0) is 9.97. The van der Waals surface area contributed by atoms with Crippen molar-refractivity contribution >= 4 is 0 Å². The van der Waals surface area contributed by atoms with Gasteiger partial charge in [-0.05, 0) is 5.92 Å². The van der Waals surface area contributed by atoms with E-state index in [4.69, 9.17) is 0 Å². The van der Waals surface area contributed by atoms with Gasteiger partial charge in [-0.25, -0.2) is 0 Å². The van der Waals surface area contributed by atoms with Crippen molar-refractivity contribution in [2.24, 2.45) is 5.92 Å². The molecule has 14 heavy (non-hydrogen) atoms. The Hall–Kier alpha value is -0.120. The quantitative estimate of drug-likeness (QED) is 0.699. The second-order valence-electron chi connectivity index (χ2n) is 5.04. The van der Waals surface area contributed by atoms with Crippen LogP contribution in [-0.2, 0) is 0 Å². The largest absolute Gasteiger partial charge is 0.314 e. The summed E-state index contributed by atoms with van der Waals surface area (Å²) in [6.45, 7) is 13.4. The molecule has 0 aromatic rings. The molecule has 0 amide bonds. The smallest absolute Gasteiger partial charge is 0.0346 e. The van der Waals surface area contributed by atoms with Gasteiger partial charge in [-0.3, -0.25) is 4.90 Å². The first-order valence-corrected chi connectivity index (χ1v) is 5.93. The average molecular weight is 197 g/mol. The molecule has 0 aromatic heterocycles. The van der Waals surface area contributed by atoms with E-state index in [-0.39, 0.29) is 0 Å². The van der Waals surface area contributed by atoms with E-state index < -0.39 is 0 Å². The van der Waals surface area contributed by atoms with Crippen molar-refractivity contribution in [3.63, 3.8) is 0 Å². The maximum absolute atomic E-state index is 3.35. The molecule has 0 aliphatic carbocycles. The van der Waals surface area contributed by atoms with Gasteiger partial charge in [0.1, 0.15) is 0 Å². The maximum Gasteiger partial charge on any atom is 0.0346 e. The maximum atomic E-state index is 3.35. The van der Waals surface area contributed by atoms with Crippen molar-refractivity contribution in [1.29, 1.82) is 0 Å². The molecule has 2 aliphatic heterocycles. The highest BCUT2D eigenvalue weighted by atomic mass is 15.3. The highest BCUT2D eigenvalue weighted by Crippen LogP contribution is 2.10. The van der Waals surface area contributed by atoms with E-state index in [0.717, 1.165) is 12.0 Å². The van der Waals surface area contributed by atoms with Crippen LogP contribution in [0.5, 0.6) is 0 Å². The predicted molar refractivity (Wildman–Crippen MR) is 59.5 cm³/mol. The standard InChI is InChI=1S/C11H23N3/c1-10(2)9-13-3-5-14(6-4-13)11-7-12-8-11/h10-12H,3-9H2,1-2H3. The van der Waals surface area contributed by atoms with Crippen LogP contribution < -0.4 is 5.32 Å². The lowest BCUT2D eigenvalue weighted by Crippen LogP contribution is -2.61. The second kappa shape index (κ2) is 4.60. The van der Waals surface area contributed by atoms with Crippen LogP contribution in [0.25, 0.3) is 0 Å². The Morgan fingerprint density at radius 3 is 2.21 bits per heavy atom. The normalized spacial score (nSPS) is 26.8. The molecule has 0 spiro atoms. The van der Waals surface area contributed by atoms with Crippen LogP contribution in [0.3, 0.4) is 0 Å². The molecule has 0 bridgehead atoms. The molecule has 0 saturated carbocycles. The van der Waals surface area contributed by atoms with E-state index in [1.54, 1.807) is 0 Å². The first-order valence-electron chi connectivity index (χ1n) is 5.93. The summed E-state index contributed by atoms with van der Waals surface area (Å²) < 4.78 is 0. The van der Waals surface area contributed by atoms with Crippen molar-refractivity contribution in [1.82, 2.24) is 15.1 Å². The minimum absolute atomic E-state index is 0.812. The molecule has 2 rings (SSSR count). The summed E-state index contributed by atoms with van der Waals surface area (Å²) in [5.41, 5.74) is 0. The lowest BCUT2D eigenvalue weighted by Gasteiger charge is -2.43. The van der Waals surface area contributed by atoms with Gasteiger partial charge in [0.25, 0.3) is 0 Å². The Morgan fingerprint density at radius 2 is 1.79 bits per heavy atom. The summed E-state index contributed by atoms with van der Waals surface area (Å²) in [7, 11) is 0.